The minimum atomic E-state index is -4.34. The van der Waals surface area contributed by atoms with Crippen LogP contribution in [0.15, 0.2) is 42.5 Å². The first-order valence-electron chi connectivity index (χ1n) is 6.71. The van der Waals surface area contributed by atoms with Crippen molar-refractivity contribution in [1.82, 2.24) is 0 Å². The van der Waals surface area contributed by atoms with Gasteiger partial charge in [-0.25, -0.2) is 0 Å². The predicted octanol–water partition coefficient (Wildman–Crippen LogP) is 3.09. The average molecular weight is 304 g/mol. The van der Waals surface area contributed by atoms with Gasteiger partial charge < -0.3 is 9.68 Å². The maximum Gasteiger partial charge on any atom is 0.491 e. The van der Waals surface area contributed by atoms with Crippen LogP contribution in [0, 0.1) is 0 Å². The van der Waals surface area contributed by atoms with Crippen molar-refractivity contribution in [1.29, 1.82) is 0 Å². The van der Waals surface area contributed by atoms with Crippen molar-refractivity contribution in [2.24, 2.45) is 0 Å². The first kappa shape index (κ1) is 14.9. The third kappa shape index (κ3) is 3.08. The van der Waals surface area contributed by atoms with Gasteiger partial charge in [-0.3, -0.25) is 0 Å². The number of benzene rings is 2. The van der Waals surface area contributed by atoms with Crippen LogP contribution in [-0.4, -0.2) is 12.1 Å². The lowest BCUT2D eigenvalue weighted by Gasteiger charge is -2.06. The fourth-order valence-electron chi connectivity index (χ4n) is 2.36. The molecule has 2 aromatic carbocycles. The molecule has 1 heterocycles. The summed E-state index contributed by atoms with van der Waals surface area (Å²) >= 11 is 0. The van der Waals surface area contributed by atoms with Crippen molar-refractivity contribution in [3.05, 3.63) is 64.7 Å². The van der Waals surface area contributed by atoms with E-state index in [9.17, 15) is 18.2 Å². The molecule has 0 radical (unpaired) electrons. The van der Waals surface area contributed by atoms with E-state index in [-0.39, 0.29) is 0 Å². The summed E-state index contributed by atoms with van der Waals surface area (Å²) in [7, 11) is -0.892. The van der Waals surface area contributed by atoms with Gasteiger partial charge in [0, 0.05) is 0 Å². The number of alkyl halides is 3. The van der Waals surface area contributed by atoms with E-state index in [2.05, 4.69) is 0 Å². The highest BCUT2D eigenvalue weighted by Gasteiger charge is 2.30. The second-order valence-corrected chi connectivity index (χ2v) is 5.08. The smallest absolute Gasteiger partial charge is 0.423 e. The number of rotatable bonds is 2. The van der Waals surface area contributed by atoms with E-state index in [1.54, 1.807) is 30.4 Å². The topological polar surface area (TPSA) is 29.5 Å². The van der Waals surface area contributed by atoms with Gasteiger partial charge in [-0.1, -0.05) is 36.4 Å². The van der Waals surface area contributed by atoms with Gasteiger partial charge in [0.05, 0.1) is 12.2 Å². The van der Waals surface area contributed by atoms with E-state index in [4.69, 9.17) is 4.65 Å². The van der Waals surface area contributed by atoms with Crippen LogP contribution in [0.2, 0.25) is 0 Å². The van der Waals surface area contributed by atoms with Crippen LogP contribution in [-0.2, 0) is 17.4 Å². The second-order valence-electron chi connectivity index (χ2n) is 5.08. The molecule has 0 saturated heterocycles. The minimum absolute atomic E-state index is 0.335. The van der Waals surface area contributed by atoms with Crippen molar-refractivity contribution in [2.45, 2.75) is 12.8 Å². The highest BCUT2D eigenvalue weighted by molar-refractivity contribution is 6.61. The normalized spacial score (nSPS) is 14.6. The van der Waals surface area contributed by atoms with E-state index in [1.165, 1.54) is 6.07 Å². The molecule has 0 bridgehead atoms. The summed E-state index contributed by atoms with van der Waals surface area (Å²) in [6, 6.07) is 10.6. The van der Waals surface area contributed by atoms with Crippen LogP contribution >= 0.6 is 0 Å². The summed E-state index contributed by atoms with van der Waals surface area (Å²) < 4.78 is 43.1. The van der Waals surface area contributed by atoms with Crippen molar-refractivity contribution >= 4 is 24.7 Å². The summed E-state index contributed by atoms with van der Waals surface area (Å²) in [5, 5.41) is 9.54. The molecule has 0 atom stereocenters. The Bertz CT molecular complexity index is 726. The van der Waals surface area contributed by atoms with Gasteiger partial charge in [0.2, 0.25) is 0 Å². The molecule has 6 heteroatoms. The predicted molar refractivity (Wildman–Crippen MR) is 79.2 cm³/mol. The van der Waals surface area contributed by atoms with Gasteiger partial charge in [-0.15, -0.1) is 0 Å². The Morgan fingerprint density at radius 3 is 2.50 bits per heavy atom. The number of halogens is 3. The fraction of sp³-hybridized carbons (Fsp3) is 0.125. The van der Waals surface area contributed by atoms with Gasteiger partial charge in [0.1, 0.15) is 0 Å². The van der Waals surface area contributed by atoms with Gasteiger partial charge >= 0.3 is 13.3 Å². The summed E-state index contributed by atoms with van der Waals surface area (Å²) in [5.74, 6) is 0. The van der Waals surface area contributed by atoms with E-state index in [0.29, 0.717) is 12.2 Å². The van der Waals surface area contributed by atoms with Gasteiger partial charge in [0.15, 0.2) is 0 Å². The molecule has 112 valence electrons. The number of hydrogen-bond donors (Lipinski definition) is 1. The molecule has 0 unspecified atom stereocenters. The molecule has 1 aliphatic rings. The molecular formula is C16H12BF3O2. The quantitative estimate of drug-likeness (QED) is 0.682. The molecule has 3 rings (SSSR count). The molecular weight excluding hydrogens is 292 g/mol. The van der Waals surface area contributed by atoms with Crippen LogP contribution in [0.25, 0.3) is 12.2 Å². The van der Waals surface area contributed by atoms with E-state index in [1.807, 2.05) is 6.07 Å². The monoisotopic (exact) mass is 304 g/mol. The first-order valence-corrected chi connectivity index (χ1v) is 6.71. The highest BCUT2D eigenvalue weighted by atomic mass is 19.4. The Morgan fingerprint density at radius 2 is 1.77 bits per heavy atom. The highest BCUT2D eigenvalue weighted by Crippen LogP contribution is 2.29. The van der Waals surface area contributed by atoms with Crippen molar-refractivity contribution in [2.75, 3.05) is 0 Å². The Morgan fingerprint density at radius 1 is 1.05 bits per heavy atom. The van der Waals surface area contributed by atoms with E-state index < -0.39 is 18.9 Å². The molecule has 22 heavy (non-hydrogen) atoms. The Balaban J connectivity index is 1.83. The molecule has 0 aliphatic carbocycles. The molecule has 0 amide bonds. The van der Waals surface area contributed by atoms with Crippen LogP contribution < -0.4 is 5.46 Å². The fourth-order valence-corrected chi connectivity index (χ4v) is 2.36. The Hall–Kier alpha value is -2.05. The van der Waals surface area contributed by atoms with Crippen LogP contribution in [0.5, 0.6) is 0 Å². The Kier molecular flexibility index (Phi) is 3.80. The second kappa shape index (κ2) is 5.63. The van der Waals surface area contributed by atoms with E-state index >= 15 is 0 Å². The summed E-state index contributed by atoms with van der Waals surface area (Å²) in [5.41, 5.74) is 2.27. The summed E-state index contributed by atoms with van der Waals surface area (Å²) in [4.78, 5) is 0. The van der Waals surface area contributed by atoms with Crippen LogP contribution in [0.4, 0.5) is 13.2 Å². The molecule has 2 nitrogen and oxygen atoms in total. The first-order chi connectivity index (χ1) is 10.4. The molecule has 0 spiro atoms. The molecule has 2 aromatic rings. The minimum Gasteiger partial charge on any atom is -0.423 e. The van der Waals surface area contributed by atoms with Crippen LogP contribution in [0.3, 0.4) is 0 Å². The maximum atomic E-state index is 12.7. The number of hydrogen-bond acceptors (Lipinski definition) is 2. The van der Waals surface area contributed by atoms with Gasteiger partial charge in [-0.2, -0.15) is 13.2 Å². The van der Waals surface area contributed by atoms with Crippen molar-refractivity contribution in [3.63, 3.8) is 0 Å². The van der Waals surface area contributed by atoms with Gasteiger partial charge in [0.25, 0.3) is 0 Å². The van der Waals surface area contributed by atoms with Crippen molar-refractivity contribution < 1.29 is 22.8 Å². The van der Waals surface area contributed by atoms with E-state index in [0.717, 1.165) is 28.7 Å². The molecule has 0 saturated carbocycles. The summed E-state index contributed by atoms with van der Waals surface area (Å²) in [6.07, 6.45) is -0.978. The lowest BCUT2D eigenvalue weighted by Crippen LogP contribution is -2.27. The zero-order valence-electron chi connectivity index (χ0n) is 11.5. The van der Waals surface area contributed by atoms with Crippen LogP contribution in [0.1, 0.15) is 22.3 Å². The number of fused-ring (bicyclic) bond motifs is 1. The SMILES string of the molecule is OB1OCc2cc(/C=C/c3cccc(C(F)(F)F)c3)ccc21. The van der Waals surface area contributed by atoms with Crippen molar-refractivity contribution in [3.8, 4) is 0 Å². The Labute approximate surface area is 126 Å². The third-order valence-electron chi connectivity index (χ3n) is 3.51. The molecule has 0 aromatic heterocycles. The summed E-state index contributed by atoms with van der Waals surface area (Å²) in [6.45, 7) is 0.335. The largest absolute Gasteiger partial charge is 0.491 e. The van der Waals surface area contributed by atoms with Gasteiger partial charge in [-0.05, 0) is 40.4 Å². The third-order valence-corrected chi connectivity index (χ3v) is 3.51. The zero-order valence-corrected chi connectivity index (χ0v) is 11.5. The maximum absolute atomic E-state index is 12.7. The molecule has 0 fully saturated rings. The lowest BCUT2D eigenvalue weighted by atomic mass is 9.79. The average Bonchev–Trinajstić information content (AvgIpc) is 2.86. The molecule has 1 N–H and O–H groups in total. The molecule has 1 aliphatic heterocycles. The lowest BCUT2D eigenvalue weighted by molar-refractivity contribution is -0.137. The zero-order chi connectivity index (χ0) is 15.7. The standard InChI is InChI=1S/C16H12BF3O2/c18-16(19,20)14-3-1-2-11(9-14)4-5-12-6-7-15-13(8-12)10-22-17(15)21/h1-9,21H,10H2/b5-4+.